The van der Waals surface area contributed by atoms with Crippen LogP contribution in [0.3, 0.4) is 0 Å². The summed E-state index contributed by atoms with van der Waals surface area (Å²) in [6.45, 7) is 4.60. The maximum Gasteiger partial charge on any atom is 0.350 e. The summed E-state index contributed by atoms with van der Waals surface area (Å²) in [5, 5.41) is 4.37. The molecule has 2 heterocycles. The van der Waals surface area contributed by atoms with Gasteiger partial charge < -0.3 is 0 Å². The Bertz CT molecular complexity index is 1070. The van der Waals surface area contributed by atoms with Gasteiger partial charge in [-0.25, -0.2) is 13.9 Å². The lowest BCUT2D eigenvalue weighted by atomic mass is 9.89. The van der Waals surface area contributed by atoms with Crippen LogP contribution in [-0.2, 0) is 6.54 Å². The molecular weight excluding hydrogens is 328 g/mol. The molecule has 0 aliphatic heterocycles. The number of fused-ring (bicyclic) bond motifs is 1. The van der Waals surface area contributed by atoms with Crippen LogP contribution in [-0.4, -0.2) is 18.7 Å². The van der Waals surface area contributed by atoms with Gasteiger partial charge in [0.05, 0.1) is 5.69 Å². The van der Waals surface area contributed by atoms with Gasteiger partial charge >= 0.3 is 11.2 Å². The monoisotopic (exact) mass is 352 g/mol. The summed E-state index contributed by atoms with van der Waals surface area (Å²) in [6, 6.07) is 5.95. The molecule has 1 aromatic carbocycles. The zero-order chi connectivity index (χ0) is 18.3. The molecule has 3 aromatic rings. The van der Waals surface area contributed by atoms with Crippen LogP contribution in [0.15, 0.2) is 40.2 Å². The number of nitrogens with zero attached hydrogens (tertiary/aromatic N) is 4. The van der Waals surface area contributed by atoms with E-state index in [-0.39, 0.29) is 16.9 Å². The van der Waals surface area contributed by atoms with E-state index in [1.54, 1.807) is 17.0 Å². The van der Waals surface area contributed by atoms with E-state index in [1.807, 2.05) is 32.0 Å². The normalized spacial score (nSPS) is 15.6. The summed E-state index contributed by atoms with van der Waals surface area (Å²) in [4.78, 5) is 25.6. The first kappa shape index (κ1) is 16.8. The molecule has 6 nitrogen and oxygen atoms in total. The highest BCUT2D eigenvalue weighted by Crippen LogP contribution is 2.24. The van der Waals surface area contributed by atoms with Gasteiger partial charge in [0.15, 0.2) is 0 Å². The molecular formula is C20H24N4O2. The summed E-state index contributed by atoms with van der Waals surface area (Å²) >= 11 is 0. The molecule has 0 saturated heterocycles. The third kappa shape index (κ3) is 2.89. The first-order valence-electron chi connectivity index (χ1n) is 9.33. The lowest BCUT2D eigenvalue weighted by Gasteiger charge is -2.20. The number of rotatable bonds is 3. The fourth-order valence-corrected chi connectivity index (χ4v) is 4.01. The highest BCUT2D eigenvalue weighted by atomic mass is 16.2. The number of aromatic nitrogens is 4. The average molecular weight is 352 g/mol. The van der Waals surface area contributed by atoms with Gasteiger partial charge in [-0.3, -0.25) is 9.36 Å². The van der Waals surface area contributed by atoms with Crippen LogP contribution < -0.4 is 11.2 Å². The number of hydrogen-bond acceptors (Lipinski definition) is 3. The Hall–Kier alpha value is -2.63. The molecule has 0 radical (unpaired) electrons. The van der Waals surface area contributed by atoms with E-state index in [0.29, 0.717) is 12.5 Å². The van der Waals surface area contributed by atoms with Crippen molar-refractivity contribution in [2.75, 3.05) is 0 Å². The van der Waals surface area contributed by atoms with Crippen molar-refractivity contribution in [3.8, 4) is 5.69 Å². The summed E-state index contributed by atoms with van der Waals surface area (Å²) < 4.78 is 4.41. The van der Waals surface area contributed by atoms with Crippen molar-refractivity contribution < 1.29 is 0 Å². The molecule has 1 aliphatic rings. The van der Waals surface area contributed by atoms with E-state index in [0.717, 1.165) is 29.7 Å². The van der Waals surface area contributed by atoms with Gasteiger partial charge in [-0.2, -0.15) is 0 Å². The minimum Gasteiger partial charge on any atom is -0.279 e. The number of benzene rings is 1. The standard InChI is InChI=1S/C20H24N4O2/c1-14-8-9-17(15(2)12-14)22-10-11-23-18(19(22)25)21-24(20(23)26)13-16-6-4-3-5-7-16/h8-12,16H,3-7,13H2,1-2H3. The van der Waals surface area contributed by atoms with Gasteiger partial charge in [0, 0.05) is 18.9 Å². The largest absolute Gasteiger partial charge is 0.350 e. The predicted octanol–water partition coefficient (Wildman–Crippen LogP) is 2.84. The Morgan fingerprint density at radius 1 is 1.08 bits per heavy atom. The van der Waals surface area contributed by atoms with Gasteiger partial charge in [-0.1, -0.05) is 37.0 Å². The highest BCUT2D eigenvalue weighted by Gasteiger charge is 2.18. The van der Waals surface area contributed by atoms with Gasteiger partial charge in [-0.05, 0) is 44.2 Å². The second kappa shape index (κ2) is 6.59. The molecule has 1 fully saturated rings. The molecule has 0 atom stereocenters. The minimum absolute atomic E-state index is 0.188. The van der Waals surface area contributed by atoms with E-state index in [4.69, 9.17) is 0 Å². The van der Waals surface area contributed by atoms with E-state index in [1.165, 1.54) is 28.3 Å². The van der Waals surface area contributed by atoms with Gasteiger partial charge in [-0.15, -0.1) is 5.10 Å². The van der Waals surface area contributed by atoms with Crippen molar-refractivity contribution in [3.63, 3.8) is 0 Å². The van der Waals surface area contributed by atoms with Crippen LogP contribution in [0.5, 0.6) is 0 Å². The third-order valence-electron chi connectivity index (χ3n) is 5.41. The summed E-state index contributed by atoms with van der Waals surface area (Å²) in [5.74, 6) is 0.480. The molecule has 4 rings (SSSR count). The van der Waals surface area contributed by atoms with Crippen LogP contribution >= 0.6 is 0 Å². The molecule has 26 heavy (non-hydrogen) atoms. The van der Waals surface area contributed by atoms with Crippen molar-refractivity contribution in [3.05, 3.63) is 62.6 Å². The van der Waals surface area contributed by atoms with Gasteiger partial charge in [0.2, 0.25) is 5.65 Å². The smallest absolute Gasteiger partial charge is 0.279 e. The maximum atomic E-state index is 13.0. The predicted molar refractivity (Wildman–Crippen MR) is 101 cm³/mol. The molecule has 6 heteroatoms. The molecule has 1 aliphatic carbocycles. The Labute approximate surface area is 151 Å². The van der Waals surface area contributed by atoms with Gasteiger partial charge in [0.25, 0.3) is 0 Å². The second-order valence-electron chi connectivity index (χ2n) is 7.43. The number of hydrogen-bond donors (Lipinski definition) is 0. The fourth-order valence-electron chi connectivity index (χ4n) is 4.01. The van der Waals surface area contributed by atoms with Crippen LogP contribution in [0.4, 0.5) is 0 Å². The Balaban J connectivity index is 1.78. The lowest BCUT2D eigenvalue weighted by Crippen LogP contribution is -2.26. The molecule has 1 saturated carbocycles. The zero-order valence-electron chi connectivity index (χ0n) is 15.3. The Morgan fingerprint density at radius 2 is 1.85 bits per heavy atom. The van der Waals surface area contributed by atoms with E-state index in [2.05, 4.69) is 5.10 Å². The number of aryl methyl sites for hydroxylation is 2. The minimum atomic E-state index is -0.265. The molecule has 0 unspecified atom stereocenters. The zero-order valence-corrected chi connectivity index (χ0v) is 15.3. The van der Waals surface area contributed by atoms with E-state index >= 15 is 0 Å². The van der Waals surface area contributed by atoms with Crippen LogP contribution in [0.2, 0.25) is 0 Å². The molecule has 0 spiro atoms. The Kier molecular flexibility index (Phi) is 4.26. The lowest BCUT2D eigenvalue weighted by molar-refractivity contribution is 0.304. The maximum absolute atomic E-state index is 13.0. The summed E-state index contributed by atoms with van der Waals surface area (Å²) in [7, 11) is 0. The van der Waals surface area contributed by atoms with Crippen molar-refractivity contribution in [1.29, 1.82) is 0 Å². The van der Waals surface area contributed by atoms with Crippen molar-refractivity contribution in [1.82, 2.24) is 18.7 Å². The second-order valence-corrected chi connectivity index (χ2v) is 7.43. The van der Waals surface area contributed by atoms with E-state index < -0.39 is 0 Å². The fraction of sp³-hybridized carbons (Fsp3) is 0.450. The third-order valence-corrected chi connectivity index (χ3v) is 5.41. The average Bonchev–Trinajstić information content (AvgIpc) is 2.94. The van der Waals surface area contributed by atoms with Crippen LogP contribution in [0, 0.1) is 19.8 Å². The molecule has 0 amide bonds. The first-order chi connectivity index (χ1) is 12.5. The summed E-state index contributed by atoms with van der Waals surface area (Å²) in [6.07, 6.45) is 9.26. The quantitative estimate of drug-likeness (QED) is 0.728. The van der Waals surface area contributed by atoms with Crippen molar-refractivity contribution in [2.24, 2.45) is 5.92 Å². The summed E-state index contributed by atoms with van der Waals surface area (Å²) in [5.41, 5.74) is 2.67. The van der Waals surface area contributed by atoms with Crippen molar-refractivity contribution in [2.45, 2.75) is 52.5 Å². The SMILES string of the molecule is Cc1ccc(-n2ccn3c(=O)n(CC4CCCCC4)nc3c2=O)c(C)c1. The topological polar surface area (TPSA) is 61.3 Å². The molecule has 0 bridgehead atoms. The molecule has 2 aromatic heterocycles. The van der Waals surface area contributed by atoms with Crippen LogP contribution in [0.1, 0.15) is 43.2 Å². The molecule has 136 valence electrons. The van der Waals surface area contributed by atoms with Gasteiger partial charge in [0.1, 0.15) is 0 Å². The van der Waals surface area contributed by atoms with Crippen LogP contribution in [0.25, 0.3) is 11.3 Å². The van der Waals surface area contributed by atoms with Crippen molar-refractivity contribution >= 4 is 5.65 Å². The highest BCUT2D eigenvalue weighted by molar-refractivity contribution is 5.45. The molecule has 0 N–H and O–H groups in total. The first-order valence-corrected chi connectivity index (χ1v) is 9.33. The van der Waals surface area contributed by atoms with E-state index in [9.17, 15) is 9.59 Å². The Morgan fingerprint density at radius 3 is 2.58 bits per heavy atom.